The largest absolute Gasteiger partial charge is 0.394 e. The SMILES string of the molecule is CN(CC(F)F)CC(CN)C(F)(F)F. The van der Waals surface area contributed by atoms with Gasteiger partial charge in [-0.3, -0.25) is 0 Å². The molecule has 0 aliphatic carbocycles. The molecule has 0 heterocycles. The lowest BCUT2D eigenvalue weighted by Crippen LogP contribution is -2.40. The molecule has 0 aliphatic rings. The van der Waals surface area contributed by atoms with Gasteiger partial charge in [0, 0.05) is 13.1 Å². The van der Waals surface area contributed by atoms with Gasteiger partial charge in [0.25, 0.3) is 6.43 Å². The van der Waals surface area contributed by atoms with Crippen LogP contribution in [0.25, 0.3) is 0 Å². The molecule has 0 aromatic carbocycles. The Labute approximate surface area is 78.9 Å². The fraction of sp³-hybridized carbons (Fsp3) is 1.00. The summed E-state index contributed by atoms with van der Waals surface area (Å²) in [5, 5.41) is 0. The van der Waals surface area contributed by atoms with Gasteiger partial charge in [-0.2, -0.15) is 13.2 Å². The van der Waals surface area contributed by atoms with Crippen LogP contribution < -0.4 is 5.73 Å². The van der Waals surface area contributed by atoms with E-state index < -0.39 is 38.2 Å². The molecule has 0 aliphatic heterocycles. The van der Waals surface area contributed by atoms with Crippen LogP contribution in [-0.2, 0) is 0 Å². The fourth-order valence-electron chi connectivity index (χ4n) is 0.998. The molecule has 0 bridgehead atoms. The van der Waals surface area contributed by atoms with Crippen molar-refractivity contribution in [3.8, 4) is 0 Å². The lowest BCUT2D eigenvalue weighted by Gasteiger charge is -2.24. The maximum absolute atomic E-state index is 12.1. The lowest BCUT2D eigenvalue weighted by atomic mass is 10.1. The topological polar surface area (TPSA) is 29.3 Å². The van der Waals surface area contributed by atoms with E-state index in [2.05, 4.69) is 0 Å². The van der Waals surface area contributed by atoms with Gasteiger partial charge in [-0.25, -0.2) is 8.78 Å². The third kappa shape index (κ3) is 5.33. The summed E-state index contributed by atoms with van der Waals surface area (Å²) in [6.45, 7) is -1.76. The van der Waals surface area contributed by atoms with E-state index >= 15 is 0 Å². The number of alkyl halides is 5. The van der Waals surface area contributed by atoms with Gasteiger partial charge in [0.15, 0.2) is 0 Å². The molecule has 7 heteroatoms. The van der Waals surface area contributed by atoms with Crippen LogP contribution in [0.3, 0.4) is 0 Å². The minimum Gasteiger partial charge on any atom is -0.330 e. The molecule has 0 aromatic heterocycles. The van der Waals surface area contributed by atoms with Gasteiger partial charge >= 0.3 is 6.18 Å². The van der Waals surface area contributed by atoms with E-state index in [9.17, 15) is 22.0 Å². The molecule has 0 saturated heterocycles. The Hall–Kier alpha value is -0.430. The molecule has 1 atom stereocenters. The van der Waals surface area contributed by atoms with Crippen LogP contribution in [-0.4, -0.2) is 44.2 Å². The number of rotatable bonds is 5. The second kappa shape index (κ2) is 5.45. The van der Waals surface area contributed by atoms with Crippen LogP contribution >= 0.6 is 0 Å². The van der Waals surface area contributed by atoms with Gasteiger partial charge in [-0.05, 0) is 7.05 Å². The molecule has 14 heavy (non-hydrogen) atoms. The molecular weight excluding hydrogens is 207 g/mol. The van der Waals surface area contributed by atoms with E-state index in [1.807, 2.05) is 0 Å². The third-order valence-electron chi connectivity index (χ3n) is 1.73. The third-order valence-corrected chi connectivity index (χ3v) is 1.73. The second-order valence-electron chi connectivity index (χ2n) is 3.09. The maximum atomic E-state index is 12.1. The van der Waals surface area contributed by atoms with Crippen molar-refractivity contribution in [2.24, 2.45) is 11.7 Å². The van der Waals surface area contributed by atoms with Crippen molar-refractivity contribution in [2.75, 3.05) is 26.7 Å². The smallest absolute Gasteiger partial charge is 0.330 e. The highest BCUT2D eigenvalue weighted by molar-refractivity contribution is 4.72. The molecular formula is C7H13F5N2. The van der Waals surface area contributed by atoms with Crippen LogP contribution in [0.2, 0.25) is 0 Å². The van der Waals surface area contributed by atoms with Crippen LogP contribution in [0.5, 0.6) is 0 Å². The van der Waals surface area contributed by atoms with Gasteiger partial charge < -0.3 is 10.6 Å². The van der Waals surface area contributed by atoms with Gasteiger partial charge in [0.05, 0.1) is 12.5 Å². The minimum absolute atomic E-state index is 0.496. The molecule has 2 nitrogen and oxygen atoms in total. The number of halogens is 5. The lowest BCUT2D eigenvalue weighted by molar-refractivity contribution is -0.176. The predicted molar refractivity (Wildman–Crippen MR) is 42.1 cm³/mol. The summed E-state index contributed by atoms with van der Waals surface area (Å²) in [7, 11) is 1.21. The summed E-state index contributed by atoms with van der Waals surface area (Å²) < 4.78 is 59.9. The molecule has 0 rings (SSSR count). The van der Waals surface area contributed by atoms with Crippen molar-refractivity contribution < 1.29 is 22.0 Å². The Morgan fingerprint density at radius 3 is 2.00 bits per heavy atom. The van der Waals surface area contributed by atoms with E-state index in [0.29, 0.717) is 0 Å². The first-order chi connectivity index (χ1) is 6.27. The van der Waals surface area contributed by atoms with Crippen LogP contribution in [0.4, 0.5) is 22.0 Å². The highest BCUT2D eigenvalue weighted by atomic mass is 19.4. The van der Waals surface area contributed by atoms with Crippen molar-refractivity contribution in [3.05, 3.63) is 0 Å². The zero-order valence-corrected chi connectivity index (χ0v) is 7.69. The van der Waals surface area contributed by atoms with E-state index in [1.165, 1.54) is 7.05 Å². The van der Waals surface area contributed by atoms with E-state index in [1.54, 1.807) is 0 Å². The van der Waals surface area contributed by atoms with Crippen molar-refractivity contribution in [1.29, 1.82) is 0 Å². The molecule has 86 valence electrons. The van der Waals surface area contributed by atoms with Crippen molar-refractivity contribution >= 4 is 0 Å². The molecule has 0 aromatic rings. The van der Waals surface area contributed by atoms with Crippen molar-refractivity contribution in [3.63, 3.8) is 0 Å². The molecule has 2 N–H and O–H groups in total. The van der Waals surface area contributed by atoms with E-state index in [0.717, 1.165) is 4.90 Å². The summed E-state index contributed by atoms with van der Waals surface area (Å²) in [6, 6.07) is 0. The molecule has 1 unspecified atom stereocenters. The van der Waals surface area contributed by atoms with Crippen molar-refractivity contribution in [2.45, 2.75) is 12.6 Å². The van der Waals surface area contributed by atoms with Gasteiger partial charge in [0.2, 0.25) is 0 Å². The summed E-state index contributed by atoms with van der Waals surface area (Å²) in [4.78, 5) is 0.926. The fourth-order valence-corrected chi connectivity index (χ4v) is 0.998. The average molecular weight is 220 g/mol. The second-order valence-corrected chi connectivity index (χ2v) is 3.09. The minimum atomic E-state index is -4.43. The number of hydrogen-bond donors (Lipinski definition) is 1. The average Bonchev–Trinajstić information content (AvgIpc) is 1.96. The summed E-state index contributed by atoms with van der Waals surface area (Å²) in [5.41, 5.74) is 4.90. The molecule has 0 radical (unpaired) electrons. The quantitative estimate of drug-likeness (QED) is 0.708. The highest BCUT2D eigenvalue weighted by Gasteiger charge is 2.39. The van der Waals surface area contributed by atoms with Gasteiger partial charge in [-0.15, -0.1) is 0 Å². The predicted octanol–water partition coefficient (Wildman–Crippen LogP) is 1.32. The monoisotopic (exact) mass is 220 g/mol. The Morgan fingerprint density at radius 2 is 1.71 bits per heavy atom. The normalized spacial score (nSPS) is 15.2. The van der Waals surface area contributed by atoms with E-state index in [4.69, 9.17) is 5.73 Å². The Balaban J connectivity index is 4.06. The van der Waals surface area contributed by atoms with Gasteiger partial charge in [0.1, 0.15) is 0 Å². The molecule has 0 spiro atoms. The van der Waals surface area contributed by atoms with Crippen molar-refractivity contribution in [1.82, 2.24) is 4.90 Å². The standard InChI is InChI=1S/C7H13F5N2/c1-14(4-6(8)9)3-5(2-13)7(10,11)12/h5-6H,2-4,13H2,1H3. The first-order valence-corrected chi connectivity index (χ1v) is 4.00. The Morgan fingerprint density at radius 1 is 1.21 bits per heavy atom. The van der Waals surface area contributed by atoms with Crippen LogP contribution in [0, 0.1) is 5.92 Å². The number of hydrogen-bond acceptors (Lipinski definition) is 2. The van der Waals surface area contributed by atoms with Crippen LogP contribution in [0.15, 0.2) is 0 Å². The van der Waals surface area contributed by atoms with Crippen LogP contribution in [0.1, 0.15) is 0 Å². The first-order valence-electron chi connectivity index (χ1n) is 4.00. The van der Waals surface area contributed by atoms with E-state index in [-0.39, 0.29) is 0 Å². The number of nitrogens with two attached hydrogens (primary N) is 1. The summed E-state index contributed by atoms with van der Waals surface area (Å²) >= 11 is 0. The zero-order chi connectivity index (χ0) is 11.4. The summed E-state index contributed by atoms with van der Waals surface area (Å²) in [6.07, 6.45) is -7.06. The van der Waals surface area contributed by atoms with Gasteiger partial charge in [-0.1, -0.05) is 0 Å². The zero-order valence-electron chi connectivity index (χ0n) is 7.69. The highest BCUT2D eigenvalue weighted by Crippen LogP contribution is 2.25. The first kappa shape index (κ1) is 13.6. The molecule has 0 fully saturated rings. The molecule has 0 saturated carbocycles. The number of nitrogens with zero attached hydrogens (tertiary/aromatic N) is 1. The molecule has 0 amide bonds. The maximum Gasteiger partial charge on any atom is 0.394 e. The Bertz CT molecular complexity index is 159. The Kier molecular flexibility index (Phi) is 5.28. The summed E-state index contributed by atoms with van der Waals surface area (Å²) in [5.74, 6) is -1.74.